The fraction of sp³-hybridized carbons (Fsp3) is 0.143. The van der Waals surface area contributed by atoms with Crippen LogP contribution in [0.3, 0.4) is 0 Å². The fourth-order valence-corrected chi connectivity index (χ4v) is 5.85. The molecule has 0 fully saturated rings. The standard InChI is InChI=1S/C35H27IN4/c1-21-4-6-23(7-5-21)34-30-14-12-25(37-30)18-32-29(22-8-10-24(36)11-9-22)17-27(39-32)16-28-20-35(2,3)33(40-28)19-26-13-15-31(34)38-26/h4-19H,20H2,1-3H3. The largest absolute Gasteiger partial charge is 0.257 e. The maximum absolute atomic E-state index is 5.08. The summed E-state index contributed by atoms with van der Waals surface area (Å²) in [5.41, 5.74) is 13.0. The molecular weight excluding hydrogens is 603 g/mol. The molecule has 8 bridgehead atoms. The van der Waals surface area contributed by atoms with Gasteiger partial charge in [-0.05, 0) is 101 Å². The lowest BCUT2D eigenvalue weighted by atomic mass is 9.86. The first kappa shape index (κ1) is 25.0. The van der Waals surface area contributed by atoms with E-state index in [1.165, 1.54) is 9.13 Å². The Labute approximate surface area is 248 Å². The molecule has 5 heteroatoms. The Morgan fingerprint density at radius 2 is 1.43 bits per heavy atom. The van der Waals surface area contributed by atoms with Gasteiger partial charge in [0.05, 0.1) is 34.2 Å². The highest BCUT2D eigenvalue weighted by Crippen LogP contribution is 2.40. The quantitative estimate of drug-likeness (QED) is 0.300. The van der Waals surface area contributed by atoms with Crippen molar-refractivity contribution in [3.63, 3.8) is 0 Å². The Morgan fingerprint density at radius 3 is 2.23 bits per heavy atom. The summed E-state index contributed by atoms with van der Waals surface area (Å²) in [6, 6.07) is 17.2. The average molecular weight is 631 g/mol. The molecule has 40 heavy (non-hydrogen) atoms. The third-order valence-corrected chi connectivity index (χ3v) is 8.33. The first-order valence-electron chi connectivity index (χ1n) is 13.5. The summed E-state index contributed by atoms with van der Waals surface area (Å²) in [5, 5.41) is 0. The minimum absolute atomic E-state index is 0.0926. The Kier molecular flexibility index (Phi) is 6.00. The predicted molar refractivity (Wildman–Crippen MR) is 176 cm³/mol. The van der Waals surface area contributed by atoms with E-state index in [2.05, 4.69) is 141 Å². The van der Waals surface area contributed by atoms with Crippen LogP contribution in [0.5, 0.6) is 0 Å². The van der Waals surface area contributed by atoms with E-state index in [-0.39, 0.29) is 5.41 Å². The molecule has 194 valence electrons. The molecule has 0 radical (unpaired) electrons. The highest BCUT2D eigenvalue weighted by atomic mass is 127. The number of benzene rings is 2. The van der Waals surface area contributed by atoms with Gasteiger partial charge in [0.1, 0.15) is 0 Å². The number of rotatable bonds is 2. The van der Waals surface area contributed by atoms with Gasteiger partial charge in [0.2, 0.25) is 0 Å². The summed E-state index contributed by atoms with van der Waals surface area (Å²) in [5.74, 6) is 0. The third kappa shape index (κ3) is 4.68. The molecule has 7 rings (SSSR count). The van der Waals surface area contributed by atoms with Crippen LogP contribution in [0.1, 0.15) is 37.0 Å². The van der Waals surface area contributed by atoms with Crippen molar-refractivity contribution < 1.29 is 0 Å². The number of hydrogen-bond acceptors (Lipinski definition) is 4. The maximum atomic E-state index is 5.08. The number of allylic oxidation sites excluding steroid dienone is 11. The molecule has 0 unspecified atom stereocenters. The van der Waals surface area contributed by atoms with Crippen molar-refractivity contribution in [2.24, 2.45) is 25.4 Å². The first-order chi connectivity index (χ1) is 19.3. The molecule has 0 spiro atoms. The van der Waals surface area contributed by atoms with E-state index < -0.39 is 0 Å². The monoisotopic (exact) mass is 630 g/mol. The Bertz CT molecular complexity index is 1810. The van der Waals surface area contributed by atoms with E-state index in [9.17, 15) is 0 Å². The van der Waals surface area contributed by atoms with Gasteiger partial charge in [-0.25, -0.2) is 15.0 Å². The van der Waals surface area contributed by atoms with E-state index in [1.807, 2.05) is 0 Å². The molecule has 0 N–H and O–H groups in total. The van der Waals surface area contributed by atoms with E-state index in [1.54, 1.807) is 0 Å². The normalized spacial score (nSPS) is 20.5. The van der Waals surface area contributed by atoms with E-state index >= 15 is 0 Å². The SMILES string of the molecule is Cc1ccc(C2=C3C=CC(=N3)C=C3N=C(C=C4C=C(c5ccc(I)cc5)C(=N4)C=C4C=CC2=N4)CC3(C)C)cc1. The number of nitrogens with zero attached hydrogens (tertiary/aromatic N) is 4. The van der Waals surface area contributed by atoms with Gasteiger partial charge in [-0.2, -0.15) is 0 Å². The van der Waals surface area contributed by atoms with E-state index in [4.69, 9.17) is 20.0 Å². The van der Waals surface area contributed by atoms with Gasteiger partial charge in [0.25, 0.3) is 0 Å². The summed E-state index contributed by atoms with van der Waals surface area (Å²) in [6.07, 6.45) is 17.7. The maximum Gasteiger partial charge on any atom is 0.0737 e. The van der Waals surface area contributed by atoms with Crippen molar-refractivity contribution in [2.75, 3.05) is 0 Å². The van der Waals surface area contributed by atoms with E-state index in [0.717, 1.165) is 74.3 Å². The Morgan fingerprint density at radius 1 is 0.675 bits per heavy atom. The zero-order valence-corrected chi connectivity index (χ0v) is 24.8. The predicted octanol–water partition coefficient (Wildman–Crippen LogP) is 8.41. The highest BCUT2D eigenvalue weighted by molar-refractivity contribution is 14.1. The minimum atomic E-state index is -0.0926. The minimum Gasteiger partial charge on any atom is -0.257 e. The third-order valence-electron chi connectivity index (χ3n) is 7.61. The van der Waals surface area contributed by atoms with Crippen molar-refractivity contribution >= 4 is 56.6 Å². The molecule has 5 aliphatic heterocycles. The second-order valence-electron chi connectivity index (χ2n) is 11.2. The first-order valence-corrected chi connectivity index (χ1v) is 14.5. The number of aryl methyl sites for hydroxylation is 1. The summed E-state index contributed by atoms with van der Waals surface area (Å²) in [4.78, 5) is 20.3. The summed E-state index contributed by atoms with van der Waals surface area (Å²) in [6.45, 7) is 6.60. The Hall–Kier alpha value is -3.97. The molecule has 2 aromatic carbocycles. The molecule has 5 heterocycles. The van der Waals surface area contributed by atoms with E-state index in [0.29, 0.717) is 0 Å². The number of hydrogen-bond donors (Lipinski definition) is 0. The average Bonchev–Trinajstić information content (AvgIpc) is 3.70. The molecule has 2 aromatic rings. The fourth-order valence-electron chi connectivity index (χ4n) is 5.49. The van der Waals surface area contributed by atoms with Crippen molar-refractivity contribution in [2.45, 2.75) is 27.2 Å². The summed E-state index contributed by atoms with van der Waals surface area (Å²) in [7, 11) is 0. The second kappa shape index (κ2) is 9.59. The molecule has 0 amide bonds. The number of halogens is 1. The molecule has 4 nitrogen and oxygen atoms in total. The van der Waals surface area contributed by atoms with Crippen LogP contribution in [0.4, 0.5) is 0 Å². The summed E-state index contributed by atoms with van der Waals surface area (Å²) < 4.78 is 1.20. The molecule has 0 saturated carbocycles. The van der Waals surface area contributed by atoms with Crippen LogP contribution in [0.25, 0.3) is 11.1 Å². The number of fused-ring (bicyclic) bond motifs is 4. The van der Waals surface area contributed by atoms with Gasteiger partial charge in [-0.1, -0.05) is 55.8 Å². The van der Waals surface area contributed by atoms with Crippen molar-refractivity contribution in [1.82, 2.24) is 0 Å². The van der Waals surface area contributed by atoms with Gasteiger partial charge in [-0.15, -0.1) is 0 Å². The van der Waals surface area contributed by atoms with Crippen LogP contribution in [0.2, 0.25) is 0 Å². The molecule has 0 aromatic heterocycles. The van der Waals surface area contributed by atoms with Gasteiger partial charge in [-0.3, -0.25) is 4.99 Å². The van der Waals surface area contributed by atoms with Crippen molar-refractivity contribution in [3.05, 3.63) is 140 Å². The van der Waals surface area contributed by atoms with Crippen LogP contribution in [0, 0.1) is 15.9 Å². The van der Waals surface area contributed by atoms with Crippen LogP contribution >= 0.6 is 22.6 Å². The lowest BCUT2D eigenvalue weighted by Gasteiger charge is -2.17. The van der Waals surface area contributed by atoms with Gasteiger partial charge < -0.3 is 0 Å². The number of aliphatic imine (C=N–C) groups is 4. The molecular formula is C35H27IN4. The van der Waals surface area contributed by atoms with Crippen molar-refractivity contribution in [3.8, 4) is 0 Å². The van der Waals surface area contributed by atoms with Crippen LogP contribution in [-0.2, 0) is 0 Å². The molecule has 0 aliphatic carbocycles. The second-order valence-corrected chi connectivity index (χ2v) is 12.5. The topological polar surface area (TPSA) is 49.4 Å². The molecule has 0 atom stereocenters. The Balaban J connectivity index is 1.44. The lowest BCUT2D eigenvalue weighted by Crippen LogP contribution is -2.11. The molecule has 0 saturated heterocycles. The lowest BCUT2D eigenvalue weighted by molar-refractivity contribution is 0.485. The summed E-state index contributed by atoms with van der Waals surface area (Å²) >= 11 is 2.34. The van der Waals surface area contributed by atoms with Gasteiger partial charge in [0, 0.05) is 38.0 Å². The smallest absolute Gasteiger partial charge is 0.0737 e. The molecule has 5 aliphatic rings. The zero-order chi connectivity index (χ0) is 27.4. The van der Waals surface area contributed by atoms with Crippen molar-refractivity contribution in [1.29, 1.82) is 0 Å². The highest BCUT2D eigenvalue weighted by Gasteiger charge is 2.32. The van der Waals surface area contributed by atoms with Gasteiger partial charge in [0.15, 0.2) is 0 Å². The van der Waals surface area contributed by atoms with Crippen LogP contribution in [-0.4, -0.2) is 22.8 Å². The van der Waals surface area contributed by atoms with Gasteiger partial charge >= 0.3 is 0 Å². The van der Waals surface area contributed by atoms with Crippen LogP contribution in [0.15, 0.2) is 140 Å². The van der Waals surface area contributed by atoms with Crippen LogP contribution < -0.4 is 0 Å². The zero-order valence-electron chi connectivity index (χ0n) is 22.6.